The van der Waals surface area contributed by atoms with Crippen LogP contribution in [0.4, 0.5) is 4.39 Å². The van der Waals surface area contributed by atoms with E-state index in [1.54, 1.807) is 11.1 Å². The third-order valence-corrected chi connectivity index (χ3v) is 6.98. The van der Waals surface area contributed by atoms with Crippen LogP contribution in [0.3, 0.4) is 0 Å². The molecule has 2 aliphatic heterocycles. The normalized spacial score (nSPS) is 17.1. The molecule has 1 atom stereocenters. The molecule has 1 fully saturated rings. The fraction of sp³-hybridized carbons (Fsp3) is 0.471. The first-order valence-electron chi connectivity index (χ1n) is 14.2. The van der Waals surface area contributed by atoms with Gasteiger partial charge in [-0.25, -0.2) is 9.40 Å². The second-order valence-electron chi connectivity index (χ2n) is 10.2. The van der Waals surface area contributed by atoms with Crippen LogP contribution in [0.5, 0.6) is 0 Å². The Morgan fingerprint density at radius 3 is 2.44 bits per heavy atom. The number of allylic oxidation sites excluding steroid dienone is 4. The maximum atomic E-state index is 15.8. The molecule has 1 aromatic rings. The number of likely N-dealkylation sites (tertiary alicyclic amines) is 1. The maximum Gasteiger partial charge on any atom is 0.131 e. The summed E-state index contributed by atoms with van der Waals surface area (Å²) in [6, 6.07) is 5.68. The zero-order chi connectivity index (χ0) is 29.1. The number of nitrogens with zero attached hydrogens (tertiary/aromatic N) is 4. The van der Waals surface area contributed by atoms with Gasteiger partial charge in [0.15, 0.2) is 0 Å². The van der Waals surface area contributed by atoms with Gasteiger partial charge in [0.05, 0.1) is 17.0 Å². The lowest BCUT2D eigenvalue weighted by Gasteiger charge is -2.32. The van der Waals surface area contributed by atoms with E-state index in [1.807, 2.05) is 46.9 Å². The number of hydrazone groups is 1. The summed E-state index contributed by atoms with van der Waals surface area (Å²) >= 11 is 0. The van der Waals surface area contributed by atoms with Gasteiger partial charge in [-0.05, 0) is 89.9 Å². The average molecular weight is 529 g/mol. The Kier molecular flexibility index (Phi) is 12.4. The first-order chi connectivity index (χ1) is 18.7. The van der Waals surface area contributed by atoms with Gasteiger partial charge in [-0.1, -0.05) is 57.4 Å². The van der Waals surface area contributed by atoms with Crippen LogP contribution < -0.4 is 0 Å². The predicted octanol–water partition coefficient (Wildman–Crippen LogP) is 8.23. The SMILES string of the molecule is C=C1C(C#N)=CC(c2cc(C)c(/C=C(\C(C#CCC)CC)C3CCN(C)CC3)c(F)c2)=NN1C=C(C)C.CC. The molecule has 5 heteroatoms. The highest BCUT2D eigenvalue weighted by Gasteiger charge is 2.26. The van der Waals surface area contributed by atoms with Gasteiger partial charge in [0.2, 0.25) is 0 Å². The Morgan fingerprint density at radius 1 is 1.23 bits per heavy atom. The van der Waals surface area contributed by atoms with Crippen LogP contribution in [0.15, 0.2) is 58.5 Å². The van der Waals surface area contributed by atoms with Crippen LogP contribution in [0.2, 0.25) is 0 Å². The average Bonchev–Trinajstić information content (AvgIpc) is 2.92. The van der Waals surface area contributed by atoms with Crippen molar-refractivity contribution in [3.8, 4) is 17.9 Å². The van der Waals surface area contributed by atoms with Crippen molar-refractivity contribution in [2.24, 2.45) is 16.9 Å². The van der Waals surface area contributed by atoms with E-state index in [0.717, 1.165) is 49.9 Å². The van der Waals surface area contributed by atoms with Gasteiger partial charge in [0.25, 0.3) is 0 Å². The van der Waals surface area contributed by atoms with Gasteiger partial charge in [-0.15, -0.1) is 5.92 Å². The number of hydrogen-bond acceptors (Lipinski definition) is 4. The van der Waals surface area contributed by atoms with Crippen molar-refractivity contribution in [3.63, 3.8) is 0 Å². The molecule has 2 heterocycles. The zero-order valence-corrected chi connectivity index (χ0v) is 25.2. The lowest BCUT2D eigenvalue weighted by atomic mass is 9.79. The number of aryl methyl sites for hydroxylation is 1. The molecule has 0 amide bonds. The highest BCUT2D eigenvalue weighted by Crippen LogP contribution is 2.34. The molecule has 4 nitrogen and oxygen atoms in total. The minimum Gasteiger partial charge on any atom is -0.306 e. The summed E-state index contributed by atoms with van der Waals surface area (Å²) in [4.78, 5) is 2.36. The molecule has 1 unspecified atom stereocenters. The summed E-state index contributed by atoms with van der Waals surface area (Å²) in [6.07, 6.45) is 9.42. The Balaban J connectivity index is 0.00000260. The second-order valence-corrected chi connectivity index (χ2v) is 10.2. The highest BCUT2D eigenvalue weighted by atomic mass is 19.1. The van der Waals surface area contributed by atoms with Crippen LogP contribution in [-0.2, 0) is 0 Å². The Bertz CT molecular complexity index is 1230. The first kappa shape index (κ1) is 31.8. The molecule has 0 aliphatic carbocycles. The smallest absolute Gasteiger partial charge is 0.131 e. The van der Waals surface area contributed by atoms with E-state index in [2.05, 4.69) is 61.5 Å². The number of nitriles is 1. The number of hydrogen-bond donors (Lipinski definition) is 0. The largest absolute Gasteiger partial charge is 0.306 e. The predicted molar refractivity (Wildman–Crippen MR) is 163 cm³/mol. The van der Waals surface area contributed by atoms with E-state index in [4.69, 9.17) is 0 Å². The Hall–Kier alpha value is -3.41. The summed E-state index contributed by atoms with van der Waals surface area (Å²) in [7, 11) is 2.16. The monoisotopic (exact) mass is 528 g/mol. The molecule has 3 rings (SSSR count). The standard InChI is InChI=1S/C32H39FN4.C2H6/c1-8-10-11-25(9-2)30(26-12-14-36(7)15-13-26)19-29-23(5)16-27(17-31(29)33)32-18-28(20-34)24(6)37(35-32)21-22(3)4;1-2/h16-19,21,25-26H,6,8-9,12-15H2,1-5,7H3;1-2H3/b30-19+;. The maximum absolute atomic E-state index is 15.8. The fourth-order valence-electron chi connectivity index (χ4n) is 4.88. The molecule has 2 aliphatic rings. The molecule has 1 aromatic carbocycles. The van der Waals surface area contributed by atoms with Crippen LogP contribution in [-0.4, -0.2) is 35.8 Å². The van der Waals surface area contributed by atoms with Crippen LogP contribution >= 0.6 is 0 Å². The molecule has 0 radical (unpaired) electrons. The number of rotatable bonds is 6. The lowest BCUT2D eigenvalue weighted by Crippen LogP contribution is -2.32. The molecule has 39 heavy (non-hydrogen) atoms. The number of benzene rings is 1. The molecule has 0 spiro atoms. The van der Waals surface area contributed by atoms with Gasteiger partial charge < -0.3 is 4.90 Å². The topological polar surface area (TPSA) is 42.6 Å². The minimum absolute atomic E-state index is 0.124. The molecule has 0 aromatic heterocycles. The van der Waals surface area contributed by atoms with Crippen LogP contribution in [0.1, 0.15) is 83.9 Å². The fourth-order valence-corrected chi connectivity index (χ4v) is 4.88. The summed E-state index contributed by atoms with van der Waals surface area (Å²) in [5.41, 5.74) is 5.81. The summed E-state index contributed by atoms with van der Waals surface area (Å²) < 4.78 is 15.8. The van der Waals surface area contributed by atoms with Crippen molar-refractivity contribution in [3.05, 3.63) is 75.9 Å². The number of piperidine rings is 1. The lowest BCUT2D eigenvalue weighted by molar-refractivity contribution is 0.233. The second kappa shape index (κ2) is 15.2. The van der Waals surface area contributed by atoms with Gasteiger partial charge in [0, 0.05) is 29.7 Å². The molecular formula is C34H45FN4. The van der Waals surface area contributed by atoms with Crippen molar-refractivity contribution in [2.45, 2.75) is 74.1 Å². The quantitative estimate of drug-likeness (QED) is 0.349. The molecule has 0 N–H and O–H groups in total. The van der Waals surface area contributed by atoms with Crippen molar-refractivity contribution in [2.75, 3.05) is 20.1 Å². The van der Waals surface area contributed by atoms with E-state index in [9.17, 15) is 5.26 Å². The van der Waals surface area contributed by atoms with Crippen molar-refractivity contribution < 1.29 is 4.39 Å². The molecule has 0 bridgehead atoms. The van der Waals surface area contributed by atoms with Gasteiger partial charge in [0.1, 0.15) is 11.9 Å². The minimum atomic E-state index is -0.286. The Morgan fingerprint density at radius 2 is 1.90 bits per heavy atom. The molecule has 0 saturated carbocycles. The van der Waals surface area contributed by atoms with Gasteiger partial charge >= 0.3 is 0 Å². The molecular weight excluding hydrogens is 483 g/mol. The Labute approximate surface area is 236 Å². The van der Waals surface area contributed by atoms with Crippen molar-refractivity contribution in [1.29, 1.82) is 5.26 Å². The third kappa shape index (κ3) is 8.29. The highest BCUT2D eigenvalue weighted by molar-refractivity contribution is 6.10. The van der Waals surface area contributed by atoms with Crippen molar-refractivity contribution in [1.82, 2.24) is 9.91 Å². The third-order valence-electron chi connectivity index (χ3n) is 6.98. The van der Waals surface area contributed by atoms with Crippen LogP contribution in [0.25, 0.3) is 6.08 Å². The van der Waals surface area contributed by atoms with Gasteiger partial charge in [-0.3, -0.25) is 0 Å². The van der Waals surface area contributed by atoms with E-state index in [-0.39, 0.29) is 11.7 Å². The molecule has 208 valence electrons. The summed E-state index contributed by atoms with van der Waals surface area (Å²) in [6.45, 7) is 20.2. The van der Waals surface area contributed by atoms with Crippen LogP contribution in [0, 0.1) is 47.7 Å². The summed E-state index contributed by atoms with van der Waals surface area (Å²) in [5.74, 6) is 6.96. The first-order valence-corrected chi connectivity index (χ1v) is 14.2. The van der Waals surface area contributed by atoms with E-state index in [0.29, 0.717) is 34.0 Å². The van der Waals surface area contributed by atoms with E-state index < -0.39 is 0 Å². The van der Waals surface area contributed by atoms with E-state index in [1.165, 1.54) is 11.6 Å². The summed E-state index contributed by atoms with van der Waals surface area (Å²) in [5, 5.41) is 15.9. The molecule has 1 saturated heterocycles. The zero-order valence-electron chi connectivity index (χ0n) is 25.2. The van der Waals surface area contributed by atoms with E-state index >= 15 is 4.39 Å². The van der Waals surface area contributed by atoms with Crippen molar-refractivity contribution >= 4 is 11.8 Å². The number of halogens is 1. The van der Waals surface area contributed by atoms with Gasteiger partial charge in [-0.2, -0.15) is 10.4 Å².